The van der Waals surface area contributed by atoms with E-state index in [2.05, 4.69) is 16.5 Å². The number of halogens is 2. The maximum Gasteiger partial charge on any atom is 0.167 e. The molecular formula is C14H16ClFN2O2. The number of hydrogen-bond acceptors (Lipinski definition) is 3. The fourth-order valence-electron chi connectivity index (χ4n) is 2.81. The van der Waals surface area contributed by atoms with Gasteiger partial charge in [-0.2, -0.15) is 0 Å². The predicted octanol–water partition coefficient (Wildman–Crippen LogP) is 3.06. The van der Waals surface area contributed by atoms with Gasteiger partial charge in [0.25, 0.3) is 0 Å². The van der Waals surface area contributed by atoms with Crippen molar-refractivity contribution in [3.63, 3.8) is 0 Å². The van der Waals surface area contributed by atoms with E-state index >= 15 is 0 Å². The second-order valence-electron chi connectivity index (χ2n) is 5.27. The number of alkyl halides is 1. The van der Waals surface area contributed by atoms with Crippen LogP contribution in [0.1, 0.15) is 19.2 Å². The smallest absolute Gasteiger partial charge is 0.167 e. The molecule has 3 rings (SSSR count). The zero-order valence-corrected chi connectivity index (χ0v) is 12.2. The highest BCUT2D eigenvalue weighted by Crippen LogP contribution is 2.35. The van der Waals surface area contributed by atoms with Gasteiger partial charge in [-0.05, 0) is 13.3 Å². The number of fused-ring (bicyclic) bond motifs is 1. The molecule has 0 spiro atoms. The highest BCUT2D eigenvalue weighted by molar-refractivity contribution is 6.16. The van der Waals surface area contributed by atoms with Crippen LogP contribution < -0.4 is 4.74 Å². The molecule has 0 radical (unpaired) electrons. The Kier molecular flexibility index (Phi) is 3.34. The second-order valence-corrected chi connectivity index (χ2v) is 5.54. The van der Waals surface area contributed by atoms with Gasteiger partial charge in [-0.25, -0.2) is 9.37 Å². The minimum Gasteiger partial charge on any atom is -0.494 e. The lowest BCUT2D eigenvalue weighted by Crippen LogP contribution is -2.31. The molecule has 108 valence electrons. The number of nitrogens with zero attached hydrogens (tertiary/aromatic N) is 2. The molecule has 0 bridgehead atoms. The molecule has 0 N–H and O–H groups in total. The van der Waals surface area contributed by atoms with Gasteiger partial charge in [0.2, 0.25) is 0 Å². The molecule has 4 nitrogen and oxygen atoms in total. The fraction of sp³-hybridized carbons (Fsp3) is 0.500. The first kappa shape index (κ1) is 13.6. The van der Waals surface area contributed by atoms with Gasteiger partial charge >= 0.3 is 0 Å². The van der Waals surface area contributed by atoms with Gasteiger partial charge in [-0.1, -0.05) is 0 Å². The number of aromatic nitrogens is 2. The van der Waals surface area contributed by atoms with Crippen molar-refractivity contribution in [1.29, 1.82) is 0 Å². The SMILES string of the molecule is COc1cc2c(cc1F)nc(CCl)n2C1(C)CCOC1. The van der Waals surface area contributed by atoms with Gasteiger partial charge in [-0.3, -0.25) is 0 Å². The first-order chi connectivity index (χ1) is 9.59. The Morgan fingerprint density at radius 3 is 2.95 bits per heavy atom. The normalized spacial score (nSPS) is 22.6. The fourth-order valence-corrected chi connectivity index (χ4v) is 2.99. The topological polar surface area (TPSA) is 36.3 Å². The second kappa shape index (κ2) is 4.90. The summed E-state index contributed by atoms with van der Waals surface area (Å²) in [5.41, 5.74) is 1.21. The van der Waals surface area contributed by atoms with Crippen LogP contribution in [-0.2, 0) is 16.2 Å². The van der Waals surface area contributed by atoms with Crippen molar-refractivity contribution in [2.24, 2.45) is 0 Å². The average molecular weight is 299 g/mol. The Bertz CT molecular complexity index is 650. The lowest BCUT2D eigenvalue weighted by atomic mass is 10.0. The molecule has 1 aromatic carbocycles. The Hall–Kier alpha value is -1.33. The van der Waals surface area contributed by atoms with Gasteiger partial charge in [0.15, 0.2) is 11.6 Å². The van der Waals surface area contributed by atoms with Gasteiger partial charge in [0, 0.05) is 18.7 Å². The number of imidazole rings is 1. The van der Waals surface area contributed by atoms with E-state index in [-0.39, 0.29) is 17.2 Å². The highest BCUT2D eigenvalue weighted by Gasteiger charge is 2.35. The third-order valence-electron chi connectivity index (χ3n) is 3.85. The summed E-state index contributed by atoms with van der Waals surface area (Å²) < 4.78 is 26.4. The monoisotopic (exact) mass is 298 g/mol. The first-order valence-corrected chi connectivity index (χ1v) is 7.01. The molecule has 1 saturated heterocycles. The summed E-state index contributed by atoms with van der Waals surface area (Å²) in [5.74, 6) is 0.789. The lowest BCUT2D eigenvalue weighted by Gasteiger charge is -2.27. The van der Waals surface area contributed by atoms with Crippen molar-refractivity contribution in [3.05, 3.63) is 23.8 Å². The van der Waals surface area contributed by atoms with E-state index < -0.39 is 5.82 Å². The molecular weight excluding hydrogens is 283 g/mol. The van der Waals surface area contributed by atoms with Crippen molar-refractivity contribution in [2.75, 3.05) is 20.3 Å². The standard InChI is InChI=1S/C14H16ClFN2O2/c1-14(3-4-20-8-14)18-11-6-12(19-2)9(16)5-10(11)17-13(18)7-15/h5-6H,3-4,7-8H2,1-2H3. The average Bonchev–Trinajstić information content (AvgIpc) is 3.01. The van der Waals surface area contributed by atoms with Crippen LogP contribution in [0.25, 0.3) is 11.0 Å². The van der Waals surface area contributed by atoms with E-state index in [9.17, 15) is 4.39 Å². The zero-order chi connectivity index (χ0) is 14.3. The number of rotatable bonds is 3. The summed E-state index contributed by atoms with van der Waals surface area (Å²) in [6.45, 7) is 3.41. The Labute approximate surface area is 121 Å². The van der Waals surface area contributed by atoms with Crippen molar-refractivity contribution >= 4 is 22.6 Å². The quantitative estimate of drug-likeness (QED) is 0.817. The zero-order valence-electron chi connectivity index (χ0n) is 11.4. The van der Waals surface area contributed by atoms with E-state index in [4.69, 9.17) is 21.1 Å². The van der Waals surface area contributed by atoms with Crippen molar-refractivity contribution in [2.45, 2.75) is 24.8 Å². The van der Waals surface area contributed by atoms with Crippen molar-refractivity contribution < 1.29 is 13.9 Å². The maximum atomic E-state index is 13.8. The molecule has 1 aliphatic rings. The highest BCUT2D eigenvalue weighted by atomic mass is 35.5. The summed E-state index contributed by atoms with van der Waals surface area (Å²) in [7, 11) is 1.45. The number of methoxy groups -OCH3 is 1. The molecule has 2 aromatic rings. The van der Waals surface area contributed by atoms with Crippen LogP contribution in [0.3, 0.4) is 0 Å². The maximum absolute atomic E-state index is 13.8. The van der Waals surface area contributed by atoms with Crippen LogP contribution in [0.4, 0.5) is 4.39 Å². The lowest BCUT2D eigenvalue weighted by molar-refractivity contribution is 0.162. The Morgan fingerprint density at radius 1 is 1.55 bits per heavy atom. The first-order valence-electron chi connectivity index (χ1n) is 6.48. The van der Waals surface area contributed by atoms with E-state index in [1.54, 1.807) is 6.07 Å². The molecule has 20 heavy (non-hydrogen) atoms. The Morgan fingerprint density at radius 2 is 2.35 bits per heavy atom. The summed E-state index contributed by atoms with van der Waals surface area (Å²) in [6, 6.07) is 3.07. The van der Waals surface area contributed by atoms with Crippen LogP contribution in [0.2, 0.25) is 0 Å². The minimum absolute atomic E-state index is 0.207. The van der Waals surface area contributed by atoms with Crippen molar-refractivity contribution in [3.8, 4) is 5.75 Å². The number of hydrogen-bond donors (Lipinski definition) is 0. The predicted molar refractivity (Wildman–Crippen MR) is 74.9 cm³/mol. The Balaban J connectivity index is 2.27. The number of ether oxygens (including phenoxy) is 2. The van der Waals surface area contributed by atoms with Crippen LogP contribution in [0.15, 0.2) is 12.1 Å². The van der Waals surface area contributed by atoms with Crippen molar-refractivity contribution in [1.82, 2.24) is 9.55 Å². The van der Waals surface area contributed by atoms with Crippen LogP contribution in [0.5, 0.6) is 5.75 Å². The molecule has 1 aromatic heterocycles. The third kappa shape index (κ3) is 1.96. The molecule has 1 fully saturated rings. The molecule has 0 saturated carbocycles. The van der Waals surface area contributed by atoms with E-state index in [0.717, 1.165) is 17.8 Å². The molecule has 1 aliphatic heterocycles. The van der Waals surface area contributed by atoms with E-state index in [0.29, 0.717) is 18.7 Å². The van der Waals surface area contributed by atoms with Gasteiger partial charge in [-0.15, -0.1) is 11.6 Å². The molecule has 0 aliphatic carbocycles. The summed E-state index contributed by atoms with van der Waals surface area (Å²) in [4.78, 5) is 4.44. The molecule has 0 amide bonds. The molecule has 1 atom stereocenters. The number of benzene rings is 1. The minimum atomic E-state index is -0.418. The summed E-state index contributed by atoms with van der Waals surface area (Å²) in [6.07, 6.45) is 0.877. The molecule has 2 heterocycles. The summed E-state index contributed by atoms with van der Waals surface area (Å²) in [5, 5.41) is 0. The largest absolute Gasteiger partial charge is 0.494 e. The van der Waals surface area contributed by atoms with Crippen LogP contribution >= 0.6 is 11.6 Å². The van der Waals surface area contributed by atoms with Gasteiger partial charge in [0.05, 0.1) is 36.2 Å². The van der Waals surface area contributed by atoms with E-state index in [1.807, 2.05) is 0 Å². The molecule has 6 heteroatoms. The molecule has 1 unspecified atom stereocenters. The third-order valence-corrected chi connectivity index (χ3v) is 4.09. The van der Waals surface area contributed by atoms with Gasteiger partial charge in [0.1, 0.15) is 5.82 Å². The van der Waals surface area contributed by atoms with E-state index in [1.165, 1.54) is 13.2 Å². The summed E-state index contributed by atoms with van der Waals surface area (Å²) >= 11 is 6.01. The van der Waals surface area contributed by atoms with Crippen LogP contribution in [-0.4, -0.2) is 29.9 Å². The van der Waals surface area contributed by atoms with Crippen LogP contribution in [0, 0.1) is 5.82 Å². The van der Waals surface area contributed by atoms with Gasteiger partial charge < -0.3 is 14.0 Å².